The Kier molecular flexibility index (Phi) is 6.40. The summed E-state index contributed by atoms with van der Waals surface area (Å²) in [6, 6.07) is 17.1. The van der Waals surface area contributed by atoms with Crippen molar-refractivity contribution >= 4 is 5.97 Å². The van der Waals surface area contributed by atoms with Gasteiger partial charge in [0.05, 0.1) is 19.6 Å². The highest BCUT2D eigenvalue weighted by atomic mass is 16.5. The molecule has 5 heteroatoms. The number of carboxylic acids is 1. The quantitative estimate of drug-likeness (QED) is 0.613. The first-order valence-corrected chi connectivity index (χ1v) is 11.0. The van der Waals surface area contributed by atoms with Crippen molar-refractivity contribution in [1.29, 1.82) is 0 Å². The van der Waals surface area contributed by atoms with Gasteiger partial charge in [0.25, 0.3) is 0 Å². The summed E-state index contributed by atoms with van der Waals surface area (Å²) < 4.78 is 5.46. The molecule has 2 fully saturated rings. The molecule has 1 heterocycles. The van der Waals surface area contributed by atoms with E-state index in [-0.39, 0.29) is 18.4 Å². The van der Waals surface area contributed by atoms with Gasteiger partial charge < -0.3 is 14.9 Å². The highest BCUT2D eigenvalue weighted by molar-refractivity contribution is 5.66. The van der Waals surface area contributed by atoms with Crippen LogP contribution in [0.25, 0.3) is 0 Å². The maximum atomic E-state index is 10.8. The molecule has 4 rings (SSSR count). The first-order chi connectivity index (χ1) is 14.6. The van der Waals surface area contributed by atoms with Gasteiger partial charge in [-0.3, -0.25) is 9.69 Å². The van der Waals surface area contributed by atoms with Crippen LogP contribution in [-0.4, -0.2) is 53.4 Å². The average molecular weight is 410 g/mol. The number of ether oxygens (including phenoxy) is 1. The highest BCUT2D eigenvalue weighted by Crippen LogP contribution is 2.47. The number of hydrogen-bond acceptors (Lipinski definition) is 4. The van der Waals surface area contributed by atoms with E-state index in [2.05, 4.69) is 35.2 Å². The molecular weight excluding hydrogens is 378 g/mol. The van der Waals surface area contributed by atoms with Crippen molar-refractivity contribution in [2.75, 3.05) is 26.3 Å². The number of aliphatic carboxylic acids is 1. The van der Waals surface area contributed by atoms with Crippen LogP contribution in [0.3, 0.4) is 0 Å². The molecule has 1 aliphatic carbocycles. The van der Waals surface area contributed by atoms with E-state index in [1.807, 2.05) is 12.1 Å². The lowest BCUT2D eigenvalue weighted by Crippen LogP contribution is -2.62. The van der Waals surface area contributed by atoms with E-state index >= 15 is 0 Å². The predicted molar refractivity (Wildman–Crippen MR) is 116 cm³/mol. The molecule has 1 aliphatic heterocycles. The molecule has 160 valence electrons. The summed E-state index contributed by atoms with van der Waals surface area (Å²) in [4.78, 5) is 13.2. The van der Waals surface area contributed by atoms with E-state index in [4.69, 9.17) is 9.84 Å². The molecule has 0 bridgehead atoms. The molecule has 2 aromatic rings. The van der Waals surface area contributed by atoms with Crippen molar-refractivity contribution in [2.45, 2.75) is 50.0 Å². The fourth-order valence-corrected chi connectivity index (χ4v) is 5.01. The van der Waals surface area contributed by atoms with Gasteiger partial charge >= 0.3 is 5.97 Å². The lowest BCUT2D eigenvalue weighted by Gasteiger charge is -2.53. The van der Waals surface area contributed by atoms with E-state index < -0.39 is 5.97 Å². The monoisotopic (exact) mass is 409 g/mol. The van der Waals surface area contributed by atoms with Crippen LogP contribution in [-0.2, 0) is 21.4 Å². The average Bonchev–Trinajstić information content (AvgIpc) is 3.24. The third-order valence-corrected chi connectivity index (χ3v) is 6.69. The van der Waals surface area contributed by atoms with Crippen molar-refractivity contribution in [3.8, 4) is 5.75 Å². The SMILES string of the molecule is O=C(O)CCOCCc1ccc(O)c(C2(c3ccccc3)CN(C3CCCC3)C2)c1. The van der Waals surface area contributed by atoms with Crippen LogP contribution in [0.2, 0.25) is 0 Å². The number of aromatic hydroxyl groups is 1. The number of carboxylic acid groups (broad SMARTS) is 1. The van der Waals surface area contributed by atoms with Crippen molar-refractivity contribution < 1.29 is 19.7 Å². The second-order valence-corrected chi connectivity index (χ2v) is 8.65. The minimum absolute atomic E-state index is 0.0228. The van der Waals surface area contributed by atoms with Crippen LogP contribution in [0.15, 0.2) is 48.5 Å². The smallest absolute Gasteiger partial charge is 0.305 e. The molecule has 1 saturated carbocycles. The summed E-state index contributed by atoms with van der Waals surface area (Å²) in [5.41, 5.74) is 3.16. The summed E-state index contributed by atoms with van der Waals surface area (Å²) in [5, 5.41) is 19.5. The molecule has 5 nitrogen and oxygen atoms in total. The highest BCUT2D eigenvalue weighted by Gasteiger charge is 2.49. The molecule has 2 aliphatic rings. The minimum Gasteiger partial charge on any atom is -0.508 e. The van der Waals surface area contributed by atoms with E-state index in [1.165, 1.54) is 31.2 Å². The Labute approximate surface area is 178 Å². The molecule has 0 amide bonds. The maximum Gasteiger partial charge on any atom is 0.305 e. The number of phenolic OH excluding ortho intramolecular Hbond substituents is 1. The van der Waals surface area contributed by atoms with E-state index in [0.717, 1.165) is 24.2 Å². The summed E-state index contributed by atoms with van der Waals surface area (Å²) in [5.74, 6) is -0.496. The fourth-order valence-electron chi connectivity index (χ4n) is 5.01. The van der Waals surface area contributed by atoms with Gasteiger partial charge in [0.15, 0.2) is 0 Å². The van der Waals surface area contributed by atoms with Crippen molar-refractivity contribution in [3.63, 3.8) is 0 Å². The zero-order chi connectivity index (χ0) is 21.0. The largest absolute Gasteiger partial charge is 0.508 e. The third-order valence-electron chi connectivity index (χ3n) is 6.69. The van der Waals surface area contributed by atoms with Crippen molar-refractivity contribution in [2.24, 2.45) is 0 Å². The Morgan fingerprint density at radius 2 is 1.80 bits per heavy atom. The number of nitrogens with zero attached hydrogens (tertiary/aromatic N) is 1. The van der Waals surface area contributed by atoms with Crippen LogP contribution < -0.4 is 0 Å². The summed E-state index contributed by atoms with van der Waals surface area (Å²) in [6.07, 6.45) is 5.93. The predicted octanol–water partition coefficient (Wildman–Crippen LogP) is 3.97. The van der Waals surface area contributed by atoms with Crippen LogP contribution in [0, 0.1) is 0 Å². The van der Waals surface area contributed by atoms with Crippen molar-refractivity contribution in [3.05, 3.63) is 65.2 Å². The van der Waals surface area contributed by atoms with Gasteiger partial charge in [0.2, 0.25) is 0 Å². The Morgan fingerprint density at radius 3 is 2.50 bits per heavy atom. The van der Waals surface area contributed by atoms with E-state index in [1.54, 1.807) is 6.07 Å². The van der Waals surface area contributed by atoms with Crippen LogP contribution in [0.4, 0.5) is 0 Å². The zero-order valence-electron chi connectivity index (χ0n) is 17.4. The number of carbonyl (C=O) groups is 1. The number of phenols is 1. The van der Waals surface area contributed by atoms with Crippen LogP contribution >= 0.6 is 0 Å². The number of benzene rings is 2. The fraction of sp³-hybridized carbons (Fsp3) is 0.480. The number of likely N-dealkylation sites (tertiary alicyclic amines) is 1. The molecule has 2 N–H and O–H groups in total. The van der Waals surface area contributed by atoms with Gasteiger partial charge in [-0.1, -0.05) is 55.3 Å². The lowest BCUT2D eigenvalue weighted by molar-refractivity contribution is -0.138. The topological polar surface area (TPSA) is 70.0 Å². The standard InChI is InChI=1S/C25H31NO4/c27-23-11-10-19(12-14-30-15-13-24(28)29)16-22(23)25(20-6-2-1-3-7-20)17-26(18-25)21-8-4-5-9-21/h1-3,6-7,10-11,16,21,27H,4-5,8-9,12-15,17-18H2,(H,28,29). The van der Waals surface area contributed by atoms with Gasteiger partial charge in [-0.15, -0.1) is 0 Å². The summed E-state index contributed by atoms with van der Waals surface area (Å²) in [6.45, 7) is 2.58. The third kappa shape index (κ3) is 4.37. The lowest BCUT2D eigenvalue weighted by atomic mass is 9.67. The van der Waals surface area contributed by atoms with Gasteiger partial charge in [0, 0.05) is 30.1 Å². The maximum absolute atomic E-state index is 10.8. The van der Waals surface area contributed by atoms with Gasteiger partial charge in [-0.05, 0) is 36.5 Å². The second-order valence-electron chi connectivity index (χ2n) is 8.65. The van der Waals surface area contributed by atoms with E-state index in [0.29, 0.717) is 24.8 Å². The normalized spacial score (nSPS) is 18.9. The summed E-state index contributed by atoms with van der Waals surface area (Å²) in [7, 11) is 0. The molecule has 0 radical (unpaired) electrons. The van der Waals surface area contributed by atoms with Gasteiger partial charge in [-0.25, -0.2) is 0 Å². The molecule has 2 aromatic carbocycles. The zero-order valence-corrected chi connectivity index (χ0v) is 17.4. The van der Waals surface area contributed by atoms with Crippen LogP contribution in [0.5, 0.6) is 5.75 Å². The molecule has 30 heavy (non-hydrogen) atoms. The first kappa shape index (κ1) is 20.9. The molecular formula is C25H31NO4. The van der Waals surface area contributed by atoms with Gasteiger partial charge in [0.1, 0.15) is 5.75 Å². The molecule has 0 atom stereocenters. The Morgan fingerprint density at radius 1 is 1.07 bits per heavy atom. The van der Waals surface area contributed by atoms with E-state index in [9.17, 15) is 9.90 Å². The van der Waals surface area contributed by atoms with Crippen LogP contribution in [0.1, 0.15) is 48.8 Å². The minimum atomic E-state index is -0.844. The Hall–Kier alpha value is -2.37. The van der Waals surface area contributed by atoms with Crippen molar-refractivity contribution in [1.82, 2.24) is 4.90 Å². The molecule has 0 aromatic heterocycles. The molecule has 1 saturated heterocycles. The Bertz CT molecular complexity index is 855. The number of rotatable bonds is 9. The second kappa shape index (κ2) is 9.19. The molecule has 0 spiro atoms. The molecule has 0 unspecified atom stereocenters. The summed E-state index contributed by atoms with van der Waals surface area (Å²) >= 11 is 0. The number of hydrogen-bond donors (Lipinski definition) is 2. The first-order valence-electron chi connectivity index (χ1n) is 11.0. The van der Waals surface area contributed by atoms with Gasteiger partial charge in [-0.2, -0.15) is 0 Å². The Balaban J connectivity index is 1.53.